The smallest absolute Gasteiger partial charge is 0.307 e. The lowest BCUT2D eigenvalue weighted by atomic mass is 10.1. The first-order valence-electron chi connectivity index (χ1n) is 3.10. The molecule has 1 aromatic carbocycles. The lowest BCUT2D eigenvalue weighted by Gasteiger charge is -1.97. The van der Waals surface area contributed by atoms with E-state index in [1.807, 2.05) is 0 Å². The van der Waals surface area contributed by atoms with Gasteiger partial charge in [0.2, 0.25) is 0 Å². The number of phenolic OH excluding ortho intramolecular Hbond substituents is 1. The Morgan fingerprint density at radius 2 is 2.36 bits per heavy atom. The summed E-state index contributed by atoms with van der Waals surface area (Å²) in [5.74, 6) is -0.988. The molecule has 0 amide bonds. The Bertz CT molecular complexity index is 268. The Morgan fingerprint density at radius 3 is 2.91 bits per heavy atom. The average molecular weight is 151 g/mol. The first kappa shape index (κ1) is 7.60. The van der Waals surface area contributed by atoms with E-state index in [1.54, 1.807) is 12.1 Å². The molecule has 0 aliphatic carbocycles. The van der Waals surface area contributed by atoms with Crippen LogP contribution in [0.15, 0.2) is 18.2 Å². The van der Waals surface area contributed by atoms with Gasteiger partial charge >= 0.3 is 5.97 Å². The molecule has 57 valence electrons. The zero-order chi connectivity index (χ0) is 8.27. The monoisotopic (exact) mass is 151 g/mol. The van der Waals surface area contributed by atoms with Crippen molar-refractivity contribution in [3.8, 4) is 5.75 Å². The van der Waals surface area contributed by atoms with Gasteiger partial charge in [-0.2, -0.15) is 0 Å². The minimum absolute atomic E-state index is 0.0186. The van der Waals surface area contributed by atoms with E-state index >= 15 is 0 Å². The first-order chi connectivity index (χ1) is 5.20. The number of aliphatic carboxylic acids is 1. The van der Waals surface area contributed by atoms with Gasteiger partial charge in [0.25, 0.3) is 0 Å². The molecule has 0 unspecified atom stereocenters. The minimum atomic E-state index is -0.970. The van der Waals surface area contributed by atoms with E-state index in [2.05, 4.69) is 6.07 Å². The quantitative estimate of drug-likeness (QED) is 0.657. The van der Waals surface area contributed by atoms with Crippen molar-refractivity contribution in [2.24, 2.45) is 0 Å². The Kier molecular flexibility index (Phi) is 2.11. The summed E-state index contributed by atoms with van der Waals surface area (Å²) in [5.41, 5.74) is 0.319. The molecule has 0 atom stereocenters. The summed E-state index contributed by atoms with van der Waals surface area (Å²) in [6.45, 7) is 0. The fourth-order valence-electron chi connectivity index (χ4n) is 0.755. The van der Waals surface area contributed by atoms with Gasteiger partial charge in [0.15, 0.2) is 0 Å². The van der Waals surface area contributed by atoms with Crippen molar-refractivity contribution in [1.82, 2.24) is 0 Å². The van der Waals surface area contributed by atoms with E-state index in [9.17, 15) is 4.79 Å². The summed E-state index contributed by atoms with van der Waals surface area (Å²) in [7, 11) is 0. The van der Waals surface area contributed by atoms with Crippen molar-refractivity contribution in [3.63, 3.8) is 0 Å². The second kappa shape index (κ2) is 3.05. The van der Waals surface area contributed by atoms with E-state index in [4.69, 9.17) is 10.2 Å². The zero-order valence-electron chi connectivity index (χ0n) is 5.74. The number of hydrogen-bond donors (Lipinski definition) is 2. The van der Waals surface area contributed by atoms with Crippen LogP contribution in [0.4, 0.5) is 0 Å². The molecule has 0 aromatic heterocycles. The third-order valence-corrected chi connectivity index (χ3v) is 1.25. The molecule has 0 heterocycles. The Hall–Kier alpha value is -1.51. The molecule has 0 saturated carbocycles. The van der Waals surface area contributed by atoms with Crippen molar-refractivity contribution >= 4 is 5.97 Å². The van der Waals surface area contributed by atoms with Gasteiger partial charge in [-0.05, 0) is 12.1 Å². The van der Waals surface area contributed by atoms with Crippen LogP contribution in [0.1, 0.15) is 5.56 Å². The maximum Gasteiger partial charge on any atom is 0.307 e. The molecule has 1 rings (SSSR count). The molecule has 0 aliphatic rings. The molecule has 0 saturated heterocycles. The zero-order valence-corrected chi connectivity index (χ0v) is 5.74. The Morgan fingerprint density at radius 1 is 1.64 bits per heavy atom. The predicted molar refractivity (Wildman–Crippen MR) is 38.3 cm³/mol. The lowest BCUT2D eigenvalue weighted by Crippen LogP contribution is -1.99. The first-order valence-corrected chi connectivity index (χ1v) is 3.10. The maximum atomic E-state index is 10.2. The van der Waals surface area contributed by atoms with E-state index in [0.29, 0.717) is 5.56 Å². The number of aromatic hydroxyl groups is 1. The van der Waals surface area contributed by atoms with Crippen LogP contribution >= 0.6 is 0 Å². The molecule has 0 aliphatic heterocycles. The summed E-state index contributed by atoms with van der Waals surface area (Å²) in [4.78, 5) is 10.2. The van der Waals surface area contributed by atoms with E-state index in [1.165, 1.54) is 6.07 Å². The van der Waals surface area contributed by atoms with Gasteiger partial charge in [0.1, 0.15) is 5.75 Å². The maximum absolute atomic E-state index is 10.2. The summed E-state index contributed by atoms with van der Waals surface area (Å²) in [5, 5.41) is 17.4. The van der Waals surface area contributed by atoms with Gasteiger partial charge in [-0.25, -0.2) is 0 Å². The van der Waals surface area contributed by atoms with Crippen molar-refractivity contribution in [3.05, 3.63) is 29.8 Å². The highest BCUT2D eigenvalue weighted by molar-refractivity contribution is 5.71. The standard InChI is InChI=1S/C8H7O3/c9-7-4-2-1-3-6(7)5-8(10)11/h1-2,4,9H,5H2,(H,10,11). The summed E-state index contributed by atoms with van der Waals surface area (Å²) >= 11 is 0. The Balaban J connectivity index is 2.86. The van der Waals surface area contributed by atoms with Crippen molar-refractivity contribution in [2.75, 3.05) is 0 Å². The van der Waals surface area contributed by atoms with Crippen molar-refractivity contribution < 1.29 is 15.0 Å². The third-order valence-electron chi connectivity index (χ3n) is 1.25. The van der Waals surface area contributed by atoms with Crippen LogP contribution in [-0.2, 0) is 11.2 Å². The predicted octanol–water partition coefficient (Wildman–Crippen LogP) is 0.819. The highest BCUT2D eigenvalue weighted by Crippen LogP contribution is 2.14. The number of benzene rings is 1. The highest BCUT2D eigenvalue weighted by atomic mass is 16.4. The van der Waals surface area contributed by atoms with Crippen LogP contribution in [0, 0.1) is 6.07 Å². The molecule has 1 radical (unpaired) electrons. The van der Waals surface area contributed by atoms with Crippen molar-refractivity contribution in [1.29, 1.82) is 0 Å². The molecular formula is C8H7O3. The van der Waals surface area contributed by atoms with Gasteiger partial charge in [0.05, 0.1) is 6.42 Å². The molecule has 1 aromatic rings. The summed E-state index contributed by atoms with van der Waals surface area (Å²) in [6, 6.07) is 7.24. The fraction of sp³-hybridized carbons (Fsp3) is 0.125. The minimum Gasteiger partial charge on any atom is -0.508 e. The average Bonchev–Trinajstić information content (AvgIpc) is 1.93. The fourth-order valence-corrected chi connectivity index (χ4v) is 0.755. The lowest BCUT2D eigenvalue weighted by molar-refractivity contribution is -0.136. The normalized spacial score (nSPS) is 9.45. The van der Waals surface area contributed by atoms with Crippen LogP contribution in [0.5, 0.6) is 5.75 Å². The second-order valence-corrected chi connectivity index (χ2v) is 2.10. The number of carboxylic acid groups (broad SMARTS) is 1. The molecule has 0 fully saturated rings. The van der Waals surface area contributed by atoms with Crippen molar-refractivity contribution in [2.45, 2.75) is 6.42 Å². The topological polar surface area (TPSA) is 57.5 Å². The van der Waals surface area contributed by atoms with Crippen LogP contribution in [0.2, 0.25) is 0 Å². The van der Waals surface area contributed by atoms with Gasteiger partial charge in [-0.1, -0.05) is 12.1 Å². The highest BCUT2D eigenvalue weighted by Gasteiger charge is 2.03. The van der Waals surface area contributed by atoms with Crippen LogP contribution < -0.4 is 0 Å². The SMILES string of the molecule is O=C(O)Cc1[c]cccc1O. The number of carbonyl (C=O) groups is 1. The molecular weight excluding hydrogens is 144 g/mol. The van der Waals surface area contributed by atoms with E-state index in [-0.39, 0.29) is 12.2 Å². The molecule has 3 heteroatoms. The van der Waals surface area contributed by atoms with Gasteiger partial charge < -0.3 is 10.2 Å². The number of phenols is 1. The largest absolute Gasteiger partial charge is 0.508 e. The number of rotatable bonds is 2. The summed E-state index contributed by atoms with van der Waals surface area (Å²) in [6.07, 6.45) is -0.188. The molecule has 3 nitrogen and oxygen atoms in total. The Labute approximate surface area is 63.9 Å². The number of hydrogen-bond acceptors (Lipinski definition) is 2. The molecule has 0 bridgehead atoms. The van der Waals surface area contributed by atoms with Gasteiger partial charge in [-0.3, -0.25) is 4.79 Å². The van der Waals surface area contributed by atoms with Crippen LogP contribution in [-0.4, -0.2) is 16.2 Å². The molecule has 11 heavy (non-hydrogen) atoms. The number of carboxylic acids is 1. The van der Waals surface area contributed by atoms with E-state index in [0.717, 1.165) is 0 Å². The summed E-state index contributed by atoms with van der Waals surface area (Å²) < 4.78 is 0. The van der Waals surface area contributed by atoms with Gasteiger partial charge in [-0.15, -0.1) is 0 Å². The second-order valence-electron chi connectivity index (χ2n) is 2.10. The van der Waals surface area contributed by atoms with Crippen LogP contribution in [0.25, 0.3) is 0 Å². The molecule has 2 N–H and O–H groups in total. The van der Waals surface area contributed by atoms with Gasteiger partial charge in [0, 0.05) is 5.56 Å². The van der Waals surface area contributed by atoms with E-state index < -0.39 is 5.97 Å². The van der Waals surface area contributed by atoms with Crippen LogP contribution in [0.3, 0.4) is 0 Å². The molecule has 0 spiro atoms. The third kappa shape index (κ3) is 1.97.